The Balaban J connectivity index is 1.85. The highest BCUT2D eigenvalue weighted by atomic mass is 32.2. The zero-order chi connectivity index (χ0) is 15.7. The van der Waals surface area contributed by atoms with E-state index in [0.717, 1.165) is 5.56 Å². The first-order chi connectivity index (χ1) is 10.4. The van der Waals surface area contributed by atoms with Crippen molar-refractivity contribution in [3.05, 3.63) is 59.9 Å². The first-order valence-electron chi connectivity index (χ1n) is 7.03. The molecule has 0 spiro atoms. The van der Waals surface area contributed by atoms with Gasteiger partial charge in [-0.1, -0.05) is 6.07 Å². The van der Waals surface area contributed by atoms with Crippen LogP contribution in [0.15, 0.2) is 48.8 Å². The lowest BCUT2D eigenvalue weighted by atomic mass is 10.1. The molecule has 2 aromatic rings. The molecule has 22 heavy (non-hydrogen) atoms. The second-order valence-corrected chi connectivity index (χ2v) is 7.31. The van der Waals surface area contributed by atoms with Crippen LogP contribution < -0.4 is 8.87 Å². The molecule has 0 amide bonds. The Hall–Kier alpha value is -2.21. The summed E-state index contributed by atoms with van der Waals surface area (Å²) in [5.41, 5.74) is 2.21. The quantitative estimate of drug-likeness (QED) is 0.628. The van der Waals surface area contributed by atoms with E-state index >= 15 is 0 Å². The lowest BCUT2D eigenvalue weighted by molar-refractivity contribution is -0.683. The Morgan fingerprint density at radius 2 is 1.95 bits per heavy atom. The summed E-state index contributed by atoms with van der Waals surface area (Å²) in [4.78, 5) is 12.3. The van der Waals surface area contributed by atoms with E-state index < -0.39 is 10.0 Å². The number of benzene rings is 1. The second-order valence-electron chi connectivity index (χ2n) is 5.40. The van der Waals surface area contributed by atoms with E-state index in [1.165, 1.54) is 10.6 Å². The number of aromatic nitrogens is 1. The summed E-state index contributed by atoms with van der Waals surface area (Å²) in [5, 5.41) is 0. The fraction of sp³-hybridized carbons (Fsp3) is 0.250. The van der Waals surface area contributed by atoms with Crippen molar-refractivity contribution in [1.82, 2.24) is 0 Å². The highest BCUT2D eigenvalue weighted by molar-refractivity contribution is 7.92. The minimum Gasteiger partial charge on any atom is -0.287 e. The van der Waals surface area contributed by atoms with Crippen molar-refractivity contribution in [2.75, 3.05) is 17.1 Å². The number of nitrogens with zero attached hydrogens (tertiary/aromatic N) is 2. The van der Waals surface area contributed by atoms with Gasteiger partial charge in [-0.25, -0.2) is 8.42 Å². The fourth-order valence-electron chi connectivity index (χ4n) is 2.69. The molecule has 0 N–H and O–H groups in total. The summed E-state index contributed by atoms with van der Waals surface area (Å²) in [6.45, 7) is 0.717. The van der Waals surface area contributed by atoms with E-state index in [1.807, 2.05) is 41.2 Å². The molecule has 0 radical (unpaired) electrons. The molecular weight excluding hydrogens is 300 g/mol. The molecule has 0 aliphatic carbocycles. The first kappa shape index (κ1) is 14.7. The molecule has 0 fully saturated rings. The number of pyridine rings is 1. The van der Waals surface area contributed by atoms with Crippen molar-refractivity contribution in [2.24, 2.45) is 0 Å². The monoisotopic (exact) mass is 317 g/mol. The van der Waals surface area contributed by atoms with Gasteiger partial charge >= 0.3 is 0 Å². The predicted octanol–water partition coefficient (Wildman–Crippen LogP) is 1.18. The molecule has 2 heterocycles. The van der Waals surface area contributed by atoms with E-state index in [2.05, 4.69) is 0 Å². The normalized spacial score (nSPS) is 14.0. The van der Waals surface area contributed by atoms with Crippen molar-refractivity contribution in [3.63, 3.8) is 0 Å². The maximum Gasteiger partial charge on any atom is 0.232 e. The fourth-order valence-corrected chi connectivity index (χ4v) is 3.64. The van der Waals surface area contributed by atoms with Gasteiger partial charge in [-0.3, -0.25) is 9.10 Å². The number of hydrogen-bond acceptors (Lipinski definition) is 3. The Morgan fingerprint density at radius 1 is 1.23 bits per heavy atom. The molecule has 1 aromatic carbocycles. The third-order valence-corrected chi connectivity index (χ3v) is 4.94. The molecule has 0 atom stereocenters. The highest BCUT2D eigenvalue weighted by Crippen LogP contribution is 2.30. The van der Waals surface area contributed by atoms with Crippen LogP contribution in [-0.2, 0) is 23.0 Å². The number of Topliss-reactive ketones (excluding diaryl/α,β-unsaturated/α-hetero) is 1. The Bertz CT molecular complexity index is 817. The van der Waals surface area contributed by atoms with E-state index in [4.69, 9.17) is 0 Å². The minimum absolute atomic E-state index is 0.0109. The lowest BCUT2D eigenvalue weighted by Gasteiger charge is -2.16. The number of anilines is 1. The minimum atomic E-state index is -3.25. The van der Waals surface area contributed by atoms with Gasteiger partial charge < -0.3 is 0 Å². The van der Waals surface area contributed by atoms with Gasteiger partial charge in [0.2, 0.25) is 22.4 Å². The first-order valence-corrected chi connectivity index (χ1v) is 8.88. The zero-order valence-corrected chi connectivity index (χ0v) is 13.1. The predicted molar refractivity (Wildman–Crippen MR) is 83.3 cm³/mol. The molecule has 3 rings (SSSR count). The highest BCUT2D eigenvalue weighted by Gasteiger charge is 2.27. The van der Waals surface area contributed by atoms with Gasteiger partial charge in [-0.15, -0.1) is 0 Å². The van der Waals surface area contributed by atoms with Gasteiger partial charge in [0.05, 0.1) is 11.9 Å². The van der Waals surface area contributed by atoms with Gasteiger partial charge in [0.1, 0.15) is 0 Å². The van der Waals surface area contributed by atoms with Crippen LogP contribution in [0.4, 0.5) is 5.69 Å². The SMILES string of the molecule is CS(=O)(=O)N1CCc2cc(C(=O)C[n+]3ccccc3)ccc21. The number of hydrogen-bond donors (Lipinski definition) is 0. The smallest absolute Gasteiger partial charge is 0.232 e. The van der Waals surface area contributed by atoms with Crippen molar-refractivity contribution in [1.29, 1.82) is 0 Å². The van der Waals surface area contributed by atoms with Crippen LogP contribution in [-0.4, -0.2) is 27.0 Å². The molecule has 1 aliphatic heterocycles. The molecule has 0 unspecified atom stereocenters. The number of fused-ring (bicyclic) bond motifs is 1. The van der Waals surface area contributed by atoms with E-state index in [0.29, 0.717) is 24.2 Å². The van der Waals surface area contributed by atoms with Gasteiger partial charge in [0, 0.05) is 24.2 Å². The van der Waals surface area contributed by atoms with Crippen molar-refractivity contribution < 1.29 is 17.8 Å². The number of ketones is 1. The molecule has 5 nitrogen and oxygen atoms in total. The molecule has 0 bridgehead atoms. The number of sulfonamides is 1. The molecule has 6 heteroatoms. The summed E-state index contributed by atoms with van der Waals surface area (Å²) in [7, 11) is -3.25. The molecule has 1 aliphatic rings. The summed E-state index contributed by atoms with van der Waals surface area (Å²) < 4.78 is 26.6. The maximum atomic E-state index is 12.3. The number of carbonyl (C=O) groups excluding carboxylic acids is 1. The third kappa shape index (κ3) is 2.87. The summed E-state index contributed by atoms with van der Waals surface area (Å²) in [6.07, 6.45) is 5.53. The topological polar surface area (TPSA) is 58.3 Å². The van der Waals surface area contributed by atoms with Crippen LogP contribution in [0.3, 0.4) is 0 Å². The number of carbonyl (C=O) groups is 1. The second kappa shape index (κ2) is 5.53. The Kier molecular flexibility index (Phi) is 3.70. The van der Waals surface area contributed by atoms with Crippen LogP contribution >= 0.6 is 0 Å². The largest absolute Gasteiger partial charge is 0.287 e. The molecule has 0 saturated heterocycles. The van der Waals surface area contributed by atoms with Gasteiger partial charge in [0.15, 0.2) is 12.4 Å². The van der Waals surface area contributed by atoms with Crippen LogP contribution in [0.1, 0.15) is 15.9 Å². The van der Waals surface area contributed by atoms with Crippen LogP contribution in [0.5, 0.6) is 0 Å². The maximum absolute atomic E-state index is 12.3. The van der Waals surface area contributed by atoms with Gasteiger partial charge in [-0.05, 0) is 30.2 Å². The molecular formula is C16H17N2O3S+. The molecule has 0 saturated carbocycles. The summed E-state index contributed by atoms with van der Waals surface area (Å²) in [5.74, 6) is 0.0109. The summed E-state index contributed by atoms with van der Waals surface area (Å²) >= 11 is 0. The van der Waals surface area contributed by atoms with Crippen molar-refractivity contribution in [3.8, 4) is 0 Å². The number of rotatable bonds is 4. The zero-order valence-electron chi connectivity index (χ0n) is 12.3. The van der Waals surface area contributed by atoms with Gasteiger partial charge in [0.25, 0.3) is 0 Å². The van der Waals surface area contributed by atoms with Crippen LogP contribution in [0, 0.1) is 0 Å². The summed E-state index contributed by atoms with van der Waals surface area (Å²) in [6, 6.07) is 10.9. The van der Waals surface area contributed by atoms with Gasteiger partial charge in [-0.2, -0.15) is 4.57 Å². The molecule has 1 aromatic heterocycles. The van der Waals surface area contributed by atoms with Crippen molar-refractivity contribution >= 4 is 21.5 Å². The van der Waals surface area contributed by atoms with E-state index in [1.54, 1.807) is 12.1 Å². The van der Waals surface area contributed by atoms with E-state index in [-0.39, 0.29) is 12.3 Å². The standard InChI is InChI=1S/C16H17N2O3S/c1-22(20,21)18-10-7-13-11-14(5-6-15(13)18)16(19)12-17-8-3-2-4-9-17/h2-6,8-9,11H,7,10,12H2,1H3/q+1. The van der Waals surface area contributed by atoms with Crippen LogP contribution in [0.2, 0.25) is 0 Å². The third-order valence-electron chi connectivity index (χ3n) is 3.76. The Labute approximate surface area is 129 Å². The molecule has 114 valence electrons. The average molecular weight is 317 g/mol. The van der Waals surface area contributed by atoms with Crippen LogP contribution in [0.25, 0.3) is 0 Å². The van der Waals surface area contributed by atoms with E-state index in [9.17, 15) is 13.2 Å². The van der Waals surface area contributed by atoms with Crippen molar-refractivity contribution in [2.45, 2.75) is 13.0 Å². The Morgan fingerprint density at radius 3 is 2.64 bits per heavy atom. The lowest BCUT2D eigenvalue weighted by Crippen LogP contribution is -2.36. The average Bonchev–Trinajstić information content (AvgIpc) is 2.91.